The molecule has 5 aliphatic carbocycles. The number of alkyl halides is 3. The highest BCUT2D eigenvalue weighted by molar-refractivity contribution is 5.69. The molecule has 0 aromatic heterocycles. The summed E-state index contributed by atoms with van der Waals surface area (Å²) in [6, 6.07) is 0. The van der Waals surface area contributed by atoms with Gasteiger partial charge in [-0.2, -0.15) is 13.2 Å². The summed E-state index contributed by atoms with van der Waals surface area (Å²) in [5, 5.41) is 12.7. The van der Waals surface area contributed by atoms with E-state index in [-0.39, 0.29) is 95.6 Å². The average molecular weight is 752 g/mol. The van der Waals surface area contributed by atoms with Crippen molar-refractivity contribution >= 4 is 12.2 Å². The van der Waals surface area contributed by atoms with Crippen LogP contribution < -0.4 is 0 Å². The molecule has 3 heterocycles. The van der Waals surface area contributed by atoms with E-state index in [4.69, 9.17) is 14.2 Å². The molecule has 1 N–H and O–H groups in total. The van der Waals surface area contributed by atoms with Gasteiger partial charge in [-0.25, -0.2) is 9.59 Å². The zero-order chi connectivity index (χ0) is 38.1. The lowest BCUT2D eigenvalue weighted by Gasteiger charge is -2.63. The Labute approximate surface area is 314 Å². The summed E-state index contributed by atoms with van der Waals surface area (Å²) >= 11 is 0. The Morgan fingerprint density at radius 2 is 1.53 bits per heavy atom. The van der Waals surface area contributed by atoms with Crippen molar-refractivity contribution in [3.05, 3.63) is 0 Å². The summed E-state index contributed by atoms with van der Waals surface area (Å²) in [6.45, 7) is 17.3. The number of aliphatic hydroxyl groups excluding tert-OH is 1. The predicted molar refractivity (Wildman–Crippen MR) is 192 cm³/mol. The zero-order valence-corrected chi connectivity index (χ0v) is 33.1. The van der Waals surface area contributed by atoms with E-state index < -0.39 is 24.9 Å². The van der Waals surface area contributed by atoms with Gasteiger partial charge in [0.25, 0.3) is 0 Å². The number of hydrogen-bond donors (Lipinski definition) is 1. The van der Waals surface area contributed by atoms with E-state index in [1.54, 1.807) is 9.80 Å². The molecule has 12 heteroatoms. The summed E-state index contributed by atoms with van der Waals surface area (Å²) in [7, 11) is 0. The van der Waals surface area contributed by atoms with Gasteiger partial charge in [0.1, 0.15) is 12.2 Å². The topological polar surface area (TPSA) is 91.8 Å². The second kappa shape index (κ2) is 12.6. The van der Waals surface area contributed by atoms with Gasteiger partial charge in [-0.05, 0) is 104 Å². The van der Waals surface area contributed by atoms with Gasteiger partial charge in [0.2, 0.25) is 0 Å². The van der Waals surface area contributed by atoms with Crippen LogP contribution in [-0.4, -0.2) is 115 Å². The van der Waals surface area contributed by atoms with Crippen molar-refractivity contribution < 1.29 is 42.1 Å². The summed E-state index contributed by atoms with van der Waals surface area (Å²) in [4.78, 5) is 31.1. The minimum Gasteiger partial charge on any atom is -0.446 e. The van der Waals surface area contributed by atoms with Crippen molar-refractivity contribution in [1.82, 2.24) is 14.7 Å². The molecule has 9 nitrogen and oxygen atoms in total. The first-order valence-corrected chi connectivity index (χ1v) is 20.8. The molecular weight excluding hydrogens is 687 g/mol. The van der Waals surface area contributed by atoms with Crippen LogP contribution in [0.25, 0.3) is 0 Å². The van der Waals surface area contributed by atoms with Crippen LogP contribution in [0.4, 0.5) is 22.8 Å². The summed E-state index contributed by atoms with van der Waals surface area (Å²) < 4.78 is 58.2. The van der Waals surface area contributed by atoms with Gasteiger partial charge in [-0.15, -0.1) is 0 Å². The van der Waals surface area contributed by atoms with E-state index in [0.29, 0.717) is 17.8 Å². The van der Waals surface area contributed by atoms with Gasteiger partial charge in [0.05, 0.1) is 24.9 Å². The van der Waals surface area contributed by atoms with Crippen LogP contribution in [0, 0.1) is 56.7 Å². The van der Waals surface area contributed by atoms with Crippen molar-refractivity contribution in [2.75, 3.05) is 45.8 Å². The Balaban J connectivity index is 0.972. The van der Waals surface area contributed by atoms with E-state index in [1.165, 1.54) is 4.90 Å². The maximum Gasteiger partial charge on any atom is 0.410 e. The van der Waals surface area contributed by atoms with E-state index in [9.17, 15) is 27.9 Å². The number of amides is 2. The highest BCUT2D eigenvalue weighted by Gasteiger charge is 2.85. The first-order valence-electron chi connectivity index (χ1n) is 20.8. The van der Waals surface area contributed by atoms with Crippen LogP contribution in [0.3, 0.4) is 0 Å². The molecule has 5 saturated carbocycles. The first-order chi connectivity index (χ1) is 24.8. The summed E-state index contributed by atoms with van der Waals surface area (Å²) in [5.74, 6) is 1.40. The number of aliphatic hydroxyl groups is 1. The van der Waals surface area contributed by atoms with Gasteiger partial charge in [-0.1, -0.05) is 48.5 Å². The zero-order valence-electron chi connectivity index (χ0n) is 33.1. The lowest BCUT2D eigenvalue weighted by atomic mass is 9.41. The molecule has 3 saturated heterocycles. The van der Waals surface area contributed by atoms with Crippen molar-refractivity contribution in [3.8, 4) is 0 Å². The molecule has 4 unspecified atom stereocenters. The fourth-order valence-corrected chi connectivity index (χ4v) is 14.6. The van der Waals surface area contributed by atoms with E-state index in [1.807, 2.05) is 0 Å². The molecule has 13 atom stereocenters. The third-order valence-electron chi connectivity index (χ3n) is 17.4. The molecule has 0 aromatic carbocycles. The van der Waals surface area contributed by atoms with Crippen LogP contribution in [-0.2, 0) is 14.2 Å². The van der Waals surface area contributed by atoms with Gasteiger partial charge >= 0.3 is 18.4 Å². The monoisotopic (exact) mass is 751 g/mol. The third kappa shape index (κ3) is 5.53. The first kappa shape index (κ1) is 38.1. The quantitative estimate of drug-likeness (QED) is 0.314. The number of ether oxygens (including phenoxy) is 3. The number of carbonyl (C=O) groups is 2. The van der Waals surface area contributed by atoms with Crippen molar-refractivity contribution in [1.29, 1.82) is 0 Å². The minimum atomic E-state index is -4.25. The van der Waals surface area contributed by atoms with Crippen molar-refractivity contribution in [2.24, 2.45) is 56.7 Å². The maximum absolute atomic E-state index is 13.4. The predicted octanol–water partition coefficient (Wildman–Crippen LogP) is 7.35. The molecule has 3 aliphatic heterocycles. The number of rotatable bonds is 5. The fraction of sp³-hybridized carbons (Fsp3) is 0.951. The molecule has 2 amide bonds. The van der Waals surface area contributed by atoms with Crippen LogP contribution in [0.15, 0.2) is 0 Å². The SMILES string of the molecule is CC(C)[C@@H](OC(=O)N1CCC1)C1C[C@@H](C)[C@H]2C(O1)[C@H](O)[C@@]1(C)C3CC[C@H]4C(C)(C)[C@@H](OC(=O)N5CCN(CC(F)(F)F)CC5)CC[C@@]45CC35CC[C@]21C. The molecule has 8 rings (SSSR count). The van der Waals surface area contributed by atoms with E-state index in [0.717, 1.165) is 70.9 Å². The number of hydrogen-bond acceptors (Lipinski definition) is 7. The van der Waals surface area contributed by atoms with E-state index >= 15 is 0 Å². The molecule has 0 aromatic rings. The van der Waals surface area contributed by atoms with E-state index in [2.05, 4.69) is 48.5 Å². The number of halogens is 3. The standard InChI is InChI=1S/C41H64F3N3O6/c1-24(2)31(53-35(50)46-15-8-16-46)26-21-25(3)30-32(51-26)33(48)38(7)28-10-9-27-36(4,5)29(11-12-39(27)22-40(28,39)14-13-37(30,38)6)52-34(49)47-19-17-45(18-20-47)23-41(42,43)44/h24-33,48H,8-23H2,1-7H3/t25-,26?,27+,28?,29+,30+,31-,32?,33+,37-,38-,39-,40?/m1/s1. The highest BCUT2D eigenvalue weighted by Crippen LogP contribution is 2.89. The van der Waals surface area contributed by atoms with Crippen molar-refractivity contribution in [2.45, 2.75) is 143 Å². The maximum atomic E-state index is 13.4. The molecular formula is C41H64F3N3O6. The third-order valence-corrected chi connectivity index (χ3v) is 17.4. The van der Waals surface area contributed by atoms with Gasteiger partial charge < -0.3 is 29.1 Å². The molecule has 0 radical (unpaired) electrons. The van der Waals surface area contributed by atoms with Gasteiger partial charge in [0.15, 0.2) is 0 Å². The molecule has 300 valence electrons. The van der Waals surface area contributed by atoms with Crippen LogP contribution >= 0.6 is 0 Å². The molecule has 0 bridgehead atoms. The number of likely N-dealkylation sites (tertiary alicyclic amines) is 1. The lowest BCUT2D eigenvalue weighted by Crippen LogP contribution is -2.60. The number of fused-ring (bicyclic) bond motifs is 4. The van der Waals surface area contributed by atoms with Crippen molar-refractivity contribution in [3.63, 3.8) is 0 Å². The number of carbonyl (C=O) groups excluding carboxylic acids is 2. The summed E-state index contributed by atoms with van der Waals surface area (Å²) in [5.41, 5.74) is -0.333. The highest BCUT2D eigenvalue weighted by atomic mass is 19.4. The average Bonchev–Trinajstić information content (AvgIpc) is 3.68. The largest absolute Gasteiger partial charge is 0.446 e. The lowest BCUT2D eigenvalue weighted by molar-refractivity contribution is -0.186. The Morgan fingerprint density at radius 3 is 2.15 bits per heavy atom. The fourth-order valence-electron chi connectivity index (χ4n) is 14.6. The smallest absolute Gasteiger partial charge is 0.410 e. The summed E-state index contributed by atoms with van der Waals surface area (Å²) in [6.07, 6.45) is 2.38. The normalized spacial score (nSPS) is 46.6. The second-order valence-electron chi connectivity index (χ2n) is 20.2. The minimum absolute atomic E-state index is 0.0813. The Hall–Kier alpha value is -1.79. The Kier molecular flexibility index (Phi) is 9.06. The molecule has 2 spiro atoms. The second-order valence-corrected chi connectivity index (χ2v) is 20.2. The molecule has 8 fully saturated rings. The Bertz CT molecular complexity index is 1450. The number of nitrogens with zero attached hydrogens (tertiary/aromatic N) is 3. The number of piperazine rings is 1. The van der Waals surface area contributed by atoms with Crippen LogP contribution in [0.2, 0.25) is 0 Å². The molecule has 53 heavy (non-hydrogen) atoms. The van der Waals surface area contributed by atoms with Gasteiger partial charge in [-0.3, -0.25) is 4.90 Å². The van der Waals surface area contributed by atoms with Crippen LogP contribution in [0.5, 0.6) is 0 Å². The molecule has 8 aliphatic rings. The van der Waals surface area contributed by atoms with Crippen LogP contribution in [0.1, 0.15) is 106 Å². The Morgan fingerprint density at radius 1 is 0.887 bits per heavy atom. The van der Waals surface area contributed by atoms with Gasteiger partial charge in [0, 0.05) is 50.1 Å².